The number of halogens is 7. The van der Waals surface area contributed by atoms with Crippen molar-refractivity contribution in [1.82, 2.24) is 9.97 Å². The lowest BCUT2D eigenvalue weighted by molar-refractivity contribution is -0.154. The second-order valence-corrected chi connectivity index (χ2v) is 8.66. The number of carbonyl (C=O) groups excluding carboxylic acids is 1. The number of anilines is 1. The van der Waals surface area contributed by atoms with Gasteiger partial charge < -0.3 is 14.2 Å². The molecule has 0 radical (unpaired) electrons. The Morgan fingerprint density at radius 2 is 1.37 bits per heavy atom. The molecule has 0 saturated heterocycles. The Hall–Kier alpha value is -3.39. The van der Waals surface area contributed by atoms with E-state index in [1.54, 1.807) is 54.6 Å². The first kappa shape index (κ1) is 29.2. The van der Waals surface area contributed by atoms with Crippen molar-refractivity contribution < 1.29 is 45.3 Å². The van der Waals surface area contributed by atoms with E-state index in [-0.39, 0.29) is 13.0 Å². The van der Waals surface area contributed by atoms with E-state index in [4.69, 9.17) is 4.74 Å². The van der Waals surface area contributed by atoms with Gasteiger partial charge in [0, 0.05) is 4.47 Å². The van der Waals surface area contributed by atoms with Crippen molar-refractivity contribution >= 4 is 27.8 Å². The van der Waals surface area contributed by atoms with Crippen LogP contribution in [0.2, 0.25) is 0 Å². The summed E-state index contributed by atoms with van der Waals surface area (Å²) in [5, 5.41) is 0. The average Bonchev–Trinajstić information content (AvgIpc) is 2.85. The Kier molecular flexibility index (Phi) is 9.91. The van der Waals surface area contributed by atoms with Gasteiger partial charge in [-0.2, -0.15) is 36.3 Å². The molecule has 0 unspecified atom stereocenters. The van der Waals surface area contributed by atoms with Gasteiger partial charge in [-0.05, 0) is 23.3 Å². The van der Waals surface area contributed by atoms with Crippen molar-refractivity contribution in [2.24, 2.45) is 0 Å². The highest BCUT2D eigenvalue weighted by Gasteiger charge is 2.31. The van der Waals surface area contributed by atoms with Gasteiger partial charge in [-0.3, -0.25) is 9.69 Å². The van der Waals surface area contributed by atoms with Gasteiger partial charge in [-0.25, -0.2) is 0 Å². The zero-order valence-electron chi connectivity index (χ0n) is 19.4. The molecule has 0 spiro atoms. The van der Waals surface area contributed by atoms with Crippen LogP contribution in [0.1, 0.15) is 11.1 Å². The molecule has 3 rings (SSSR count). The largest absolute Gasteiger partial charge is 0.468 e. The minimum atomic E-state index is -4.76. The normalized spacial score (nSPS) is 11.8. The SMILES string of the molecule is O=C(Cc1ccc(Br)cc1)N(COCc1ccccc1)c1nc(OCC(F)(F)F)cc(OCC(F)(F)F)n1. The molecule has 0 N–H and O–H groups in total. The summed E-state index contributed by atoms with van der Waals surface area (Å²) >= 11 is 3.28. The zero-order chi connectivity index (χ0) is 27.8. The lowest BCUT2D eigenvalue weighted by Gasteiger charge is -2.22. The van der Waals surface area contributed by atoms with Crippen molar-refractivity contribution in [3.63, 3.8) is 0 Å². The van der Waals surface area contributed by atoms with E-state index in [0.29, 0.717) is 11.6 Å². The summed E-state index contributed by atoms with van der Waals surface area (Å²) in [6.45, 7) is -3.98. The zero-order valence-corrected chi connectivity index (χ0v) is 21.0. The monoisotopic (exact) mass is 607 g/mol. The van der Waals surface area contributed by atoms with Crippen LogP contribution in [0.15, 0.2) is 65.1 Å². The Labute approximate surface area is 221 Å². The number of benzene rings is 2. The number of aromatic nitrogens is 2. The summed E-state index contributed by atoms with van der Waals surface area (Å²) in [5.41, 5.74) is 1.33. The lowest BCUT2D eigenvalue weighted by Crippen LogP contribution is -2.36. The van der Waals surface area contributed by atoms with Crippen LogP contribution >= 0.6 is 15.9 Å². The second-order valence-electron chi connectivity index (χ2n) is 7.74. The summed E-state index contributed by atoms with van der Waals surface area (Å²) in [6, 6.07) is 16.2. The highest BCUT2D eigenvalue weighted by molar-refractivity contribution is 9.10. The van der Waals surface area contributed by atoms with Gasteiger partial charge in [0.05, 0.1) is 19.1 Å². The Morgan fingerprint density at radius 1 is 0.816 bits per heavy atom. The van der Waals surface area contributed by atoms with E-state index in [0.717, 1.165) is 14.9 Å². The fraction of sp³-hybridized carbons (Fsp3) is 0.292. The molecule has 14 heteroatoms. The molecule has 0 bridgehead atoms. The summed E-state index contributed by atoms with van der Waals surface area (Å²) in [4.78, 5) is 21.7. The van der Waals surface area contributed by atoms with Gasteiger partial charge in [0.25, 0.3) is 0 Å². The highest BCUT2D eigenvalue weighted by atomic mass is 79.9. The predicted octanol–water partition coefficient (Wildman–Crippen LogP) is 5.87. The van der Waals surface area contributed by atoms with E-state index < -0.39 is 55.9 Å². The summed E-state index contributed by atoms with van der Waals surface area (Å²) in [6.07, 6.45) is -9.71. The first-order chi connectivity index (χ1) is 17.9. The maximum absolute atomic E-state index is 13.2. The first-order valence-electron chi connectivity index (χ1n) is 10.8. The minimum absolute atomic E-state index is 0.0462. The van der Waals surface area contributed by atoms with E-state index in [9.17, 15) is 31.1 Å². The van der Waals surface area contributed by atoms with Crippen LogP contribution in [0.4, 0.5) is 32.3 Å². The van der Waals surface area contributed by atoms with Gasteiger partial charge in [0.15, 0.2) is 13.2 Å². The predicted molar refractivity (Wildman–Crippen MR) is 127 cm³/mol. The molecule has 2 aromatic carbocycles. The van der Waals surface area contributed by atoms with Crippen molar-refractivity contribution in [2.75, 3.05) is 24.8 Å². The van der Waals surface area contributed by atoms with Gasteiger partial charge in [-0.1, -0.05) is 58.4 Å². The Bertz CT molecular complexity index is 1160. The van der Waals surface area contributed by atoms with Crippen molar-refractivity contribution in [3.05, 3.63) is 76.3 Å². The maximum Gasteiger partial charge on any atom is 0.422 e. The second kappa shape index (κ2) is 12.9. The highest BCUT2D eigenvalue weighted by Crippen LogP contribution is 2.26. The smallest absolute Gasteiger partial charge is 0.422 e. The molecule has 0 aliphatic rings. The Balaban J connectivity index is 1.90. The molecule has 3 aromatic rings. The number of alkyl halides is 6. The molecule has 0 fully saturated rings. The number of nitrogens with zero attached hydrogens (tertiary/aromatic N) is 3. The Morgan fingerprint density at radius 3 is 1.89 bits per heavy atom. The van der Waals surface area contributed by atoms with Crippen LogP contribution in [-0.2, 0) is 22.6 Å². The van der Waals surface area contributed by atoms with E-state index in [2.05, 4.69) is 35.4 Å². The summed E-state index contributed by atoms with van der Waals surface area (Å²) in [5.74, 6) is -2.69. The van der Waals surface area contributed by atoms with Crippen LogP contribution in [0.5, 0.6) is 11.8 Å². The molecule has 204 valence electrons. The maximum atomic E-state index is 13.2. The van der Waals surface area contributed by atoms with Crippen molar-refractivity contribution in [2.45, 2.75) is 25.4 Å². The molecule has 0 atom stereocenters. The van der Waals surface area contributed by atoms with E-state index in [1.165, 1.54) is 0 Å². The molecule has 0 aliphatic heterocycles. The number of hydrogen-bond acceptors (Lipinski definition) is 6. The van der Waals surface area contributed by atoms with Crippen LogP contribution in [0.25, 0.3) is 0 Å². The molecular formula is C24H20BrF6N3O4. The van der Waals surface area contributed by atoms with Crippen LogP contribution in [0, 0.1) is 0 Å². The minimum Gasteiger partial charge on any atom is -0.468 e. The van der Waals surface area contributed by atoms with Gasteiger partial charge in [0.1, 0.15) is 6.73 Å². The molecule has 0 aliphatic carbocycles. The van der Waals surface area contributed by atoms with E-state index in [1.807, 2.05) is 0 Å². The third kappa shape index (κ3) is 10.2. The lowest BCUT2D eigenvalue weighted by atomic mass is 10.1. The molecule has 7 nitrogen and oxygen atoms in total. The number of amides is 1. The van der Waals surface area contributed by atoms with Gasteiger partial charge in [-0.15, -0.1) is 0 Å². The first-order valence-corrected chi connectivity index (χ1v) is 11.6. The third-order valence-electron chi connectivity index (χ3n) is 4.58. The average molecular weight is 608 g/mol. The topological polar surface area (TPSA) is 73.8 Å². The molecule has 0 saturated carbocycles. The molecular weight excluding hydrogens is 588 g/mol. The quantitative estimate of drug-likeness (QED) is 0.200. The van der Waals surface area contributed by atoms with Crippen molar-refractivity contribution in [3.8, 4) is 11.8 Å². The van der Waals surface area contributed by atoms with Crippen LogP contribution in [-0.4, -0.2) is 48.2 Å². The number of hydrogen-bond donors (Lipinski definition) is 0. The third-order valence-corrected chi connectivity index (χ3v) is 5.11. The fourth-order valence-electron chi connectivity index (χ4n) is 2.92. The number of carbonyl (C=O) groups is 1. The summed E-state index contributed by atoms with van der Waals surface area (Å²) < 4.78 is 91.7. The summed E-state index contributed by atoms with van der Waals surface area (Å²) in [7, 11) is 0. The molecule has 38 heavy (non-hydrogen) atoms. The van der Waals surface area contributed by atoms with Crippen molar-refractivity contribution in [1.29, 1.82) is 0 Å². The van der Waals surface area contributed by atoms with Crippen LogP contribution in [0.3, 0.4) is 0 Å². The fourth-order valence-corrected chi connectivity index (χ4v) is 3.18. The molecule has 1 amide bonds. The molecule has 1 aromatic heterocycles. The number of rotatable bonds is 11. The van der Waals surface area contributed by atoms with E-state index >= 15 is 0 Å². The standard InChI is InChI=1S/C24H20BrF6N3O4/c25-18-8-6-16(7-9-18)10-21(35)34(15-36-12-17-4-2-1-3-5-17)22-32-19(37-13-23(26,27)28)11-20(33-22)38-14-24(29,30)31/h1-9,11H,10,12-15H2. The van der Waals surface area contributed by atoms with Crippen LogP contribution < -0.4 is 14.4 Å². The molecule has 1 heterocycles. The van der Waals surface area contributed by atoms with Gasteiger partial charge in [0.2, 0.25) is 23.6 Å². The van der Waals surface area contributed by atoms with Gasteiger partial charge >= 0.3 is 12.4 Å². The number of ether oxygens (including phenoxy) is 3.